The summed E-state index contributed by atoms with van der Waals surface area (Å²) in [6.45, 7) is 5.58. The maximum atomic E-state index is 12.4. The zero-order chi connectivity index (χ0) is 17.2. The molecule has 2 aromatic rings. The van der Waals surface area contributed by atoms with E-state index in [9.17, 15) is 4.79 Å². The third-order valence-electron chi connectivity index (χ3n) is 5.33. The molecule has 7 heteroatoms. The monoisotopic (exact) mass is 340 g/mol. The van der Waals surface area contributed by atoms with Gasteiger partial charge in [-0.25, -0.2) is 15.0 Å². The van der Waals surface area contributed by atoms with E-state index in [4.69, 9.17) is 0 Å². The van der Waals surface area contributed by atoms with Crippen molar-refractivity contribution in [2.24, 2.45) is 5.92 Å². The van der Waals surface area contributed by atoms with Gasteiger partial charge in [0.05, 0.1) is 12.6 Å². The number of rotatable bonds is 5. The summed E-state index contributed by atoms with van der Waals surface area (Å²) in [5, 5.41) is 2.85. The Morgan fingerprint density at radius 3 is 2.80 bits per heavy atom. The molecule has 1 fully saturated rings. The quantitative estimate of drug-likeness (QED) is 0.898. The van der Waals surface area contributed by atoms with E-state index in [-0.39, 0.29) is 11.9 Å². The van der Waals surface area contributed by atoms with Crippen LogP contribution in [0.5, 0.6) is 0 Å². The summed E-state index contributed by atoms with van der Waals surface area (Å²) in [5.74, 6) is 2.26. The summed E-state index contributed by atoms with van der Waals surface area (Å²) in [5.41, 5.74) is 0.475. The lowest BCUT2D eigenvalue weighted by molar-refractivity contribution is 0.0944. The Bertz CT molecular complexity index is 739. The standard InChI is InChI=1S/C18H24N6O/c1-13-17-22-15(18(25)21-10-16-19-6-3-7-20-16)12-24(17)9-8-23(13)11-14-4-2-5-14/h3,6-7,12-14H,2,4-5,8-11H2,1H3,(H,21,25)/t13-/m0/s1. The topological polar surface area (TPSA) is 75.9 Å². The summed E-state index contributed by atoms with van der Waals surface area (Å²) < 4.78 is 2.12. The van der Waals surface area contributed by atoms with Crippen molar-refractivity contribution in [3.8, 4) is 0 Å². The molecule has 1 N–H and O–H groups in total. The van der Waals surface area contributed by atoms with Gasteiger partial charge in [-0.05, 0) is 31.7 Å². The number of imidazole rings is 1. The highest BCUT2D eigenvalue weighted by Gasteiger charge is 2.30. The molecular formula is C18H24N6O. The molecule has 4 rings (SSSR count). The van der Waals surface area contributed by atoms with Gasteiger partial charge in [-0.1, -0.05) is 6.42 Å². The van der Waals surface area contributed by atoms with Gasteiger partial charge in [-0.15, -0.1) is 0 Å². The summed E-state index contributed by atoms with van der Waals surface area (Å²) in [6.07, 6.45) is 9.29. The van der Waals surface area contributed by atoms with Crippen LogP contribution in [0.25, 0.3) is 0 Å². The van der Waals surface area contributed by atoms with Crippen molar-refractivity contribution in [2.45, 2.75) is 45.3 Å². The second-order valence-corrected chi connectivity index (χ2v) is 6.99. The molecule has 132 valence electrons. The van der Waals surface area contributed by atoms with Gasteiger partial charge in [0.25, 0.3) is 5.91 Å². The minimum atomic E-state index is -0.174. The Hall–Kier alpha value is -2.28. The lowest BCUT2D eigenvalue weighted by Gasteiger charge is -2.38. The van der Waals surface area contributed by atoms with Crippen molar-refractivity contribution in [2.75, 3.05) is 13.1 Å². The molecule has 25 heavy (non-hydrogen) atoms. The van der Waals surface area contributed by atoms with Gasteiger partial charge in [0.2, 0.25) is 0 Å². The van der Waals surface area contributed by atoms with Gasteiger partial charge < -0.3 is 9.88 Å². The Kier molecular flexibility index (Phi) is 4.48. The molecule has 3 heterocycles. The van der Waals surface area contributed by atoms with Gasteiger partial charge in [0, 0.05) is 38.2 Å². The summed E-state index contributed by atoms with van der Waals surface area (Å²) in [6, 6.07) is 2.01. The fourth-order valence-corrected chi connectivity index (χ4v) is 3.57. The zero-order valence-corrected chi connectivity index (χ0v) is 14.6. The first-order valence-corrected chi connectivity index (χ1v) is 9.06. The molecule has 7 nitrogen and oxygen atoms in total. The normalized spacial score (nSPS) is 20.8. The Labute approximate surface area is 147 Å². The number of fused-ring (bicyclic) bond motifs is 1. The number of nitrogens with one attached hydrogen (secondary N) is 1. The number of carbonyl (C=O) groups excluding carboxylic acids is 1. The summed E-state index contributed by atoms with van der Waals surface area (Å²) in [7, 11) is 0. The first-order chi connectivity index (χ1) is 12.2. The molecular weight excluding hydrogens is 316 g/mol. The molecule has 1 saturated carbocycles. The van der Waals surface area contributed by atoms with Crippen molar-refractivity contribution in [1.29, 1.82) is 0 Å². The van der Waals surface area contributed by atoms with E-state index in [1.807, 2.05) is 6.20 Å². The molecule has 1 amide bonds. The minimum absolute atomic E-state index is 0.174. The summed E-state index contributed by atoms with van der Waals surface area (Å²) in [4.78, 5) is 27.7. The van der Waals surface area contributed by atoms with E-state index in [0.29, 0.717) is 18.1 Å². The molecule has 0 aromatic carbocycles. The molecule has 1 aliphatic heterocycles. The molecule has 2 aromatic heterocycles. The van der Waals surface area contributed by atoms with E-state index in [0.717, 1.165) is 31.4 Å². The highest BCUT2D eigenvalue weighted by Crippen LogP contribution is 2.31. The Morgan fingerprint density at radius 1 is 1.28 bits per heavy atom. The summed E-state index contributed by atoms with van der Waals surface area (Å²) >= 11 is 0. The van der Waals surface area contributed by atoms with Crippen LogP contribution >= 0.6 is 0 Å². The number of carbonyl (C=O) groups is 1. The lowest BCUT2D eigenvalue weighted by atomic mass is 9.84. The third kappa shape index (κ3) is 3.42. The molecule has 0 saturated heterocycles. The van der Waals surface area contributed by atoms with E-state index < -0.39 is 0 Å². The van der Waals surface area contributed by atoms with E-state index in [1.54, 1.807) is 18.5 Å². The van der Waals surface area contributed by atoms with Gasteiger partial charge >= 0.3 is 0 Å². The maximum Gasteiger partial charge on any atom is 0.271 e. The van der Waals surface area contributed by atoms with Crippen LogP contribution in [0.1, 0.15) is 54.4 Å². The van der Waals surface area contributed by atoms with Crippen LogP contribution in [-0.2, 0) is 13.1 Å². The second-order valence-electron chi connectivity index (χ2n) is 6.99. The van der Waals surface area contributed by atoms with Crippen molar-refractivity contribution in [3.05, 3.63) is 42.0 Å². The predicted octanol–water partition coefficient (Wildman–Crippen LogP) is 1.78. The van der Waals surface area contributed by atoms with Crippen LogP contribution < -0.4 is 5.32 Å². The van der Waals surface area contributed by atoms with Crippen LogP contribution in [0, 0.1) is 5.92 Å². The largest absolute Gasteiger partial charge is 0.343 e. The molecule has 0 spiro atoms. The Morgan fingerprint density at radius 2 is 2.08 bits per heavy atom. The second kappa shape index (κ2) is 6.92. The average molecular weight is 340 g/mol. The fourth-order valence-electron chi connectivity index (χ4n) is 3.57. The molecule has 0 bridgehead atoms. The van der Waals surface area contributed by atoms with Crippen LogP contribution in [0.4, 0.5) is 0 Å². The number of hydrogen-bond donors (Lipinski definition) is 1. The third-order valence-corrected chi connectivity index (χ3v) is 5.33. The van der Waals surface area contributed by atoms with Gasteiger partial charge in [0.1, 0.15) is 17.3 Å². The minimum Gasteiger partial charge on any atom is -0.343 e. The van der Waals surface area contributed by atoms with Crippen LogP contribution in [-0.4, -0.2) is 43.4 Å². The fraction of sp³-hybridized carbons (Fsp3) is 0.556. The first kappa shape index (κ1) is 16.2. The van der Waals surface area contributed by atoms with Crippen molar-refractivity contribution in [1.82, 2.24) is 29.7 Å². The highest BCUT2D eigenvalue weighted by molar-refractivity contribution is 5.92. The number of hydrogen-bond acceptors (Lipinski definition) is 5. The van der Waals surface area contributed by atoms with Crippen molar-refractivity contribution >= 4 is 5.91 Å². The number of amides is 1. The van der Waals surface area contributed by atoms with Crippen molar-refractivity contribution < 1.29 is 4.79 Å². The van der Waals surface area contributed by atoms with Crippen LogP contribution in [0.3, 0.4) is 0 Å². The Balaban J connectivity index is 1.41. The molecule has 2 aliphatic rings. The van der Waals surface area contributed by atoms with Crippen LogP contribution in [0.2, 0.25) is 0 Å². The smallest absolute Gasteiger partial charge is 0.271 e. The molecule has 0 unspecified atom stereocenters. The predicted molar refractivity (Wildman–Crippen MR) is 92.8 cm³/mol. The van der Waals surface area contributed by atoms with E-state index >= 15 is 0 Å². The zero-order valence-electron chi connectivity index (χ0n) is 14.6. The SMILES string of the molecule is C[C@H]1c2nc(C(=O)NCc3ncccn3)cn2CCN1CC1CCC1. The molecule has 1 atom stereocenters. The van der Waals surface area contributed by atoms with Crippen LogP contribution in [0.15, 0.2) is 24.7 Å². The lowest BCUT2D eigenvalue weighted by Crippen LogP contribution is -2.41. The first-order valence-electron chi connectivity index (χ1n) is 9.06. The van der Waals surface area contributed by atoms with Gasteiger partial charge in [-0.2, -0.15) is 0 Å². The average Bonchev–Trinajstić information content (AvgIpc) is 3.04. The molecule has 1 aliphatic carbocycles. The van der Waals surface area contributed by atoms with E-state index in [1.165, 1.54) is 19.3 Å². The van der Waals surface area contributed by atoms with Gasteiger partial charge in [0.15, 0.2) is 0 Å². The van der Waals surface area contributed by atoms with E-state index in [2.05, 4.69) is 36.7 Å². The van der Waals surface area contributed by atoms with Gasteiger partial charge in [-0.3, -0.25) is 9.69 Å². The van der Waals surface area contributed by atoms with Crippen molar-refractivity contribution in [3.63, 3.8) is 0 Å². The molecule has 0 radical (unpaired) electrons. The number of nitrogens with zero attached hydrogens (tertiary/aromatic N) is 5. The maximum absolute atomic E-state index is 12.4. The number of aromatic nitrogens is 4. The highest BCUT2D eigenvalue weighted by atomic mass is 16.1.